The second-order valence-electron chi connectivity index (χ2n) is 4.73. The van der Waals surface area contributed by atoms with Crippen LogP contribution >= 0.6 is 0 Å². The number of rotatable bonds is 8. The number of hydrogen-bond acceptors (Lipinski definition) is 4. The average molecular weight is 251 g/mol. The first-order chi connectivity index (χ1) is 8.79. The van der Waals surface area contributed by atoms with Crippen LogP contribution in [0.25, 0.3) is 0 Å². The van der Waals surface area contributed by atoms with E-state index in [1.165, 1.54) is 12.8 Å². The topological polar surface area (TPSA) is 52.9 Å². The van der Waals surface area contributed by atoms with Crippen LogP contribution in [0.5, 0.6) is 5.75 Å². The monoisotopic (exact) mass is 251 g/mol. The van der Waals surface area contributed by atoms with Gasteiger partial charge in [0.15, 0.2) is 0 Å². The standard InChI is InChI=1S/C14H21NO3/c16-9-8-15(12-6-7-12)10-13(17)11-18-14-4-2-1-3-5-14/h1-5,12-13,16-17H,6-11H2. The summed E-state index contributed by atoms with van der Waals surface area (Å²) in [7, 11) is 0. The highest BCUT2D eigenvalue weighted by atomic mass is 16.5. The Bertz CT molecular complexity index is 340. The number of benzene rings is 1. The number of aliphatic hydroxyl groups excluding tert-OH is 2. The van der Waals surface area contributed by atoms with Crippen molar-refractivity contribution in [2.75, 3.05) is 26.3 Å². The zero-order chi connectivity index (χ0) is 12.8. The quantitative estimate of drug-likeness (QED) is 0.720. The molecule has 0 heterocycles. The molecule has 1 aromatic rings. The van der Waals surface area contributed by atoms with E-state index in [0.29, 0.717) is 25.7 Å². The van der Waals surface area contributed by atoms with Gasteiger partial charge in [-0.2, -0.15) is 0 Å². The predicted molar refractivity (Wildman–Crippen MR) is 69.6 cm³/mol. The van der Waals surface area contributed by atoms with Crippen molar-refractivity contribution in [3.05, 3.63) is 30.3 Å². The zero-order valence-corrected chi connectivity index (χ0v) is 10.5. The lowest BCUT2D eigenvalue weighted by atomic mass is 10.3. The van der Waals surface area contributed by atoms with Crippen molar-refractivity contribution in [3.8, 4) is 5.75 Å². The van der Waals surface area contributed by atoms with Gasteiger partial charge in [0.2, 0.25) is 0 Å². The van der Waals surface area contributed by atoms with E-state index in [1.807, 2.05) is 30.3 Å². The Labute approximate surface area is 108 Å². The fourth-order valence-electron chi connectivity index (χ4n) is 2.02. The molecule has 100 valence electrons. The largest absolute Gasteiger partial charge is 0.491 e. The first kappa shape index (κ1) is 13.3. The van der Waals surface area contributed by atoms with Crippen molar-refractivity contribution >= 4 is 0 Å². The minimum atomic E-state index is -0.516. The molecular weight excluding hydrogens is 230 g/mol. The zero-order valence-electron chi connectivity index (χ0n) is 10.5. The lowest BCUT2D eigenvalue weighted by molar-refractivity contribution is 0.0588. The van der Waals surface area contributed by atoms with Gasteiger partial charge in [0.25, 0.3) is 0 Å². The molecule has 4 heteroatoms. The van der Waals surface area contributed by atoms with E-state index in [9.17, 15) is 5.11 Å². The molecule has 0 aliphatic heterocycles. The molecular formula is C14H21NO3. The molecule has 1 aromatic carbocycles. The van der Waals surface area contributed by atoms with Gasteiger partial charge in [0.1, 0.15) is 18.5 Å². The summed E-state index contributed by atoms with van der Waals surface area (Å²) in [5.74, 6) is 0.775. The second-order valence-corrected chi connectivity index (χ2v) is 4.73. The number of nitrogens with zero attached hydrogens (tertiary/aromatic N) is 1. The van der Waals surface area contributed by atoms with Crippen LogP contribution in [0.15, 0.2) is 30.3 Å². The second kappa shape index (κ2) is 6.73. The van der Waals surface area contributed by atoms with Crippen LogP contribution in [-0.2, 0) is 0 Å². The van der Waals surface area contributed by atoms with Crippen molar-refractivity contribution < 1.29 is 14.9 Å². The summed E-state index contributed by atoms with van der Waals surface area (Å²) in [6.45, 7) is 1.63. The maximum Gasteiger partial charge on any atom is 0.119 e. The third-order valence-corrected chi connectivity index (χ3v) is 3.08. The van der Waals surface area contributed by atoms with E-state index in [-0.39, 0.29) is 6.61 Å². The molecule has 0 bridgehead atoms. The van der Waals surface area contributed by atoms with Gasteiger partial charge < -0.3 is 14.9 Å². The van der Waals surface area contributed by atoms with Gasteiger partial charge in [-0.25, -0.2) is 0 Å². The van der Waals surface area contributed by atoms with Crippen LogP contribution in [0.2, 0.25) is 0 Å². The van der Waals surface area contributed by atoms with Crippen molar-refractivity contribution in [1.82, 2.24) is 4.90 Å². The molecule has 1 fully saturated rings. The van der Waals surface area contributed by atoms with Crippen LogP contribution in [0.1, 0.15) is 12.8 Å². The molecule has 1 aliphatic carbocycles. The molecule has 1 unspecified atom stereocenters. The minimum Gasteiger partial charge on any atom is -0.491 e. The first-order valence-electron chi connectivity index (χ1n) is 6.50. The molecule has 0 radical (unpaired) electrons. The molecule has 4 nitrogen and oxygen atoms in total. The van der Waals surface area contributed by atoms with Crippen LogP contribution in [0.4, 0.5) is 0 Å². The minimum absolute atomic E-state index is 0.142. The molecule has 2 rings (SSSR count). The maximum atomic E-state index is 9.94. The summed E-state index contributed by atoms with van der Waals surface area (Å²) in [4.78, 5) is 2.14. The smallest absolute Gasteiger partial charge is 0.119 e. The predicted octanol–water partition coefficient (Wildman–Crippen LogP) is 0.883. The highest BCUT2D eigenvalue weighted by Gasteiger charge is 2.29. The third-order valence-electron chi connectivity index (χ3n) is 3.08. The summed E-state index contributed by atoms with van der Waals surface area (Å²) < 4.78 is 5.51. The van der Waals surface area contributed by atoms with Gasteiger partial charge in [-0.15, -0.1) is 0 Å². The Kier molecular flexibility index (Phi) is 4.99. The van der Waals surface area contributed by atoms with Crippen LogP contribution < -0.4 is 4.74 Å². The van der Waals surface area contributed by atoms with E-state index in [4.69, 9.17) is 9.84 Å². The highest BCUT2D eigenvalue weighted by Crippen LogP contribution is 2.26. The molecule has 1 aliphatic rings. The van der Waals surface area contributed by atoms with E-state index < -0.39 is 6.10 Å². The van der Waals surface area contributed by atoms with Crippen LogP contribution in [-0.4, -0.2) is 53.6 Å². The third kappa shape index (κ3) is 4.29. The molecule has 1 atom stereocenters. The summed E-state index contributed by atoms with van der Waals surface area (Å²) in [6.07, 6.45) is 1.83. The van der Waals surface area contributed by atoms with E-state index in [1.54, 1.807) is 0 Å². The summed E-state index contributed by atoms with van der Waals surface area (Å²) >= 11 is 0. The highest BCUT2D eigenvalue weighted by molar-refractivity contribution is 5.20. The Hall–Kier alpha value is -1.10. The van der Waals surface area contributed by atoms with Gasteiger partial charge >= 0.3 is 0 Å². The van der Waals surface area contributed by atoms with Gasteiger partial charge in [-0.3, -0.25) is 4.90 Å². The Morgan fingerprint density at radius 2 is 2.00 bits per heavy atom. The summed E-state index contributed by atoms with van der Waals surface area (Å²) in [5, 5.41) is 18.9. The fraction of sp³-hybridized carbons (Fsp3) is 0.571. The number of para-hydroxylation sites is 1. The van der Waals surface area contributed by atoms with Crippen molar-refractivity contribution in [1.29, 1.82) is 0 Å². The lowest BCUT2D eigenvalue weighted by Crippen LogP contribution is -2.38. The summed E-state index contributed by atoms with van der Waals surface area (Å²) in [5.41, 5.74) is 0. The van der Waals surface area contributed by atoms with E-state index in [2.05, 4.69) is 4.90 Å². The Morgan fingerprint density at radius 3 is 2.61 bits per heavy atom. The number of ether oxygens (including phenoxy) is 1. The van der Waals surface area contributed by atoms with Gasteiger partial charge in [-0.1, -0.05) is 18.2 Å². The molecule has 18 heavy (non-hydrogen) atoms. The molecule has 0 spiro atoms. The first-order valence-corrected chi connectivity index (χ1v) is 6.50. The van der Waals surface area contributed by atoms with Gasteiger partial charge in [0, 0.05) is 19.1 Å². The van der Waals surface area contributed by atoms with E-state index in [0.717, 1.165) is 5.75 Å². The van der Waals surface area contributed by atoms with Gasteiger partial charge in [0.05, 0.1) is 6.61 Å². The molecule has 0 aromatic heterocycles. The van der Waals surface area contributed by atoms with Crippen molar-refractivity contribution in [3.63, 3.8) is 0 Å². The van der Waals surface area contributed by atoms with Crippen LogP contribution in [0, 0.1) is 0 Å². The van der Waals surface area contributed by atoms with Gasteiger partial charge in [-0.05, 0) is 25.0 Å². The fourth-order valence-corrected chi connectivity index (χ4v) is 2.02. The molecule has 2 N–H and O–H groups in total. The lowest BCUT2D eigenvalue weighted by Gasteiger charge is -2.24. The Morgan fingerprint density at radius 1 is 1.28 bits per heavy atom. The Balaban J connectivity index is 1.72. The maximum absolute atomic E-state index is 9.94. The molecule has 1 saturated carbocycles. The summed E-state index contributed by atoms with van der Waals surface area (Å²) in [6, 6.07) is 10.0. The SMILES string of the molecule is OCCN(CC(O)COc1ccccc1)C1CC1. The van der Waals surface area contributed by atoms with Crippen molar-refractivity contribution in [2.45, 2.75) is 25.0 Å². The normalized spacial score (nSPS) is 16.8. The van der Waals surface area contributed by atoms with E-state index >= 15 is 0 Å². The average Bonchev–Trinajstić information content (AvgIpc) is 3.21. The molecule has 0 amide bonds. The number of hydrogen-bond donors (Lipinski definition) is 2. The molecule has 0 saturated heterocycles. The van der Waals surface area contributed by atoms with Crippen molar-refractivity contribution in [2.24, 2.45) is 0 Å². The number of aliphatic hydroxyl groups is 2. The van der Waals surface area contributed by atoms with Crippen LogP contribution in [0.3, 0.4) is 0 Å².